The summed E-state index contributed by atoms with van der Waals surface area (Å²) in [7, 11) is -1.95. The third-order valence-electron chi connectivity index (χ3n) is 5.44. The number of likely N-dealkylation sites (N-methyl/N-ethyl adjacent to an activating group) is 1. The van der Waals surface area contributed by atoms with E-state index in [-0.39, 0.29) is 37.0 Å². The van der Waals surface area contributed by atoms with Gasteiger partial charge < -0.3 is 9.80 Å². The van der Waals surface area contributed by atoms with Crippen LogP contribution in [0.4, 0.5) is 25.8 Å². The highest BCUT2D eigenvalue weighted by Crippen LogP contribution is 2.45. The van der Waals surface area contributed by atoms with E-state index in [2.05, 4.69) is 16.8 Å². The van der Waals surface area contributed by atoms with Gasteiger partial charge in [-0.3, -0.25) is 0 Å². The molecule has 0 N–H and O–H groups in total. The fourth-order valence-electron chi connectivity index (χ4n) is 3.89. The zero-order valence-electron chi connectivity index (χ0n) is 17.1. The highest BCUT2D eigenvalue weighted by atomic mass is 35.5. The maximum atomic E-state index is 14.4. The molecule has 2 heterocycles. The number of rotatable bonds is 4. The zero-order chi connectivity index (χ0) is 20.6. The molecule has 2 aliphatic rings. The molecule has 0 bridgehead atoms. The minimum Gasteiger partial charge on any atom is -0.305 e. The van der Waals surface area contributed by atoms with Gasteiger partial charge >= 0.3 is 10.2 Å². The standard InChI is InChI=1S/C20H24F2N4O2S.2ClH/c1-23-9-4-10-24(12-11-23)13-14-25-19-5-2-3-6-20(19)26(29(25,27)28)18-8-7-16(21)15-17(18)22;;/h2-3,5-8,15H,4,9-14H2,1H3;2*1H. The van der Waals surface area contributed by atoms with Gasteiger partial charge in [-0.05, 0) is 50.8 Å². The summed E-state index contributed by atoms with van der Waals surface area (Å²) in [6, 6.07) is 9.73. The van der Waals surface area contributed by atoms with E-state index in [9.17, 15) is 17.2 Å². The molecule has 31 heavy (non-hydrogen) atoms. The second-order valence-corrected chi connectivity index (χ2v) is 9.13. The van der Waals surface area contributed by atoms with Gasteiger partial charge in [0.1, 0.15) is 5.82 Å². The number of anilines is 3. The van der Waals surface area contributed by atoms with Gasteiger partial charge in [0, 0.05) is 32.2 Å². The summed E-state index contributed by atoms with van der Waals surface area (Å²) in [5, 5.41) is 0. The predicted octanol–water partition coefficient (Wildman–Crippen LogP) is 3.65. The highest BCUT2D eigenvalue weighted by molar-refractivity contribution is 7.95. The van der Waals surface area contributed by atoms with E-state index in [1.807, 2.05) is 0 Å². The quantitative estimate of drug-likeness (QED) is 0.650. The van der Waals surface area contributed by atoms with Crippen LogP contribution in [-0.4, -0.2) is 64.5 Å². The van der Waals surface area contributed by atoms with Crippen molar-refractivity contribution in [1.82, 2.24) is 9.80 Å². The Balaban J connectivity index is 0.00000171. The van der Waals surface area contributed by atoms with Crippen molar-refractivity contribution in [2.24, 2.45) is 0 Å². The lowest BCUT2D eigenvalue weighted by Crippen LogP contribution is -2.41. The fraction of sp³-hybridized carbons (Fsp3) is 0.400. The molecule has 1 fully saturated rings. The fourth-order valence-corrected chi connectivity index (χ4v) is 5.60. The lowest BCUT2D eigenvalue weighted by molar-refractivity contribution is 0.283. The molecule has 0 amide bonds. The van der Waals surface area contributed by atoms with Crippen molar-refractivity contribution in [3.8, 4) is 0 Å². The summed E-state index contributed by atoms with van der Waals surface area (Å²) in [4.78, 5) is 4.52. The van der Waals surface area contributed by atoms with Gasteiger partial charge in [0.25, 0.3) is 0 Å². The molecule has 2 aromatic rings. The first kappa shape index (κ1) is 25.6. The minimum absolute atomic E-state index is 0. The third kappa shape index (κ3) is 5.06. The van der Waals surface area contributed by atoms with Gasteiger partial charge in [0.2, 0.25) is 0 Å². The Morgan fingerprint density at radius 3 is 2.29 bits per heavy atom. The zero-order valence-corrected chi connectivity index (χ0v) is 19.5. The van der Waals surface area contributed by atoms with Crippen LogP contribution in [-0.2, 0) is 10.2 Å². The first-order valence-electron chi connectivity index (χ1n) is 9.66. The van der Waals surface area contributed by atoms with Crippen LogP contribution in [0.1, 0.15) is 6.42 Å². The van der Waals surface area contributed by atoms with Crippen molar-refractivity contribution in [1.29, 1.82) is 0 Å². The number of hydrogen-bond donors (Lipinski definition) is 0. The summed E-state index contributed by atoms with van der Waals surface area (Å²) in [5.74, 6) is -1.67. The second kappa shape index (κ2) is 10.3. The molecular formula is C20H26Cl2F2N4O2S. The summed E-state index contributed by atoms with van der Waals surface area (Å²) in [6.07, 6.45) is 1.03. The molecular weight excluding hydrogens is 469 g/mol. The van der Waals surface area contributed by atoms with Crippen molar-refractivity contribution in [2.75, 3.05) is 54.9 Å². The monoisotopic (exact) mass is 494 g/mol. The maximum absolute atomic E-state index is 14.4. The Morgan fingerprint density at radius 2 is 1.58 bits per heavy atom. The van der Waals surface area contributed by atoms with Crippen LogP contribution < -0.4 is 8.61 Å². The van der Waals surface area contributed by atoms with E-state index in [1.165, 1.54) is 4.31 Å². The van der Waals surface area contributed by atoms with Gasteiger partial charge in [0.15, 0.2) is 5.82 Å². The van der Waals surface area contributed by atoms with Crippen LogP contribution in [0.5, 0.6) is 0 Å². The summed E-state index contributed by atoms with van der Waals surface area (Å²) < 4.78 is 56.8. The van der Waals surface area contributed by atoms with Crippen molar-refractivity contribution < 1.29 is 17.2 Å². The molecule has 1 saturated heterocycles. The Kier molecular flexibility index (Phi) is 8.52. The molecule has 0 spiro atoms. The van der Waals surface area contributed by atoms with Crippen LogP contribution in [0.25, 0.3) is 0 Å². The second-order valence-electron chi connectivity index (χ2n) is 7.43. The van der Waals surface area contributed by atoms with Gasteiger partial charge in [-0.1, -0.05) is 12.1 Å². The number of para-hydroxylation sites is 2. The average Bonchev–Trinajstić information content (AvgIpc) is 2.78. The molecule has 11 heteroatoms. The van der Waals surface area contributed by atoms with Crippen molar-refractivity contribution in [2.45, 2.75) is 6.42 Å². The molecule has 0 aromatic heterocycles. The van der Waals surface area contributed by atoms with Crippen LogP contribution in [0.15, 0.2) is 42.5 Å². The van der Waals surface area contributed by atoms with Gasteiger partial charge in [-0.2, -0.15) is 8.42 Å². The molecule has 4 rings (SSSR count). The SMILES string of the molecule is CN1CCCN(CCN2c3ccccc3N(c3ccc(F)cc3F)S2(=O)=O)CC1.Cl.Cl. The lowest BCUT2D eigenvalue weighted by atomic mass is 10.2. The van der Waals surface area contributed by atoms with Crippen LogP contribution in [0, 0.1) is 11.6 Å². The van der Waals surface area contributed by atoms with Gasteiger partial charge in [0.05, 0.1) is 17.1 Å². The van der Waals surface area contributed by atoms with Gasteiger partial charge in [-0.15, -0.1) is 24.8 Å². The molecule has 0 atom stereocenters. The summed E-state index contributed by atoms with van der Waals surface area (Å²) in [6.45, 7) is 4.61. The van der Waals surface area contributed by atoms with E-state index in [4.69, 9.17) is 0 Å². The molecule has 0 saturated carbocycles. The normalized spacial score (nSPS) is 18.7. The van der Waals surface area contributed by atoms with E-state index in [1.54, 1.807) is 24.3 Å². The number of nitrogens with zero attached hydrogens (tertiary/aromatic N) is 4. The molecule has 0 radical (unpaired) electrons. The Morgan fingerprint density at radius 1 is 0.871 bits per heavy atom. The predicted molar refractivity (Wildman–Crippen MR) is 124 cm³/mol. The molecule has 2 aromatic carbocycles. The van der Waals surface area contributed by atoms with E-state index < -0.39 is 21.8 Å². The largest absolute Gasteiger partial charge is 0.331 e. The lowest BCUT2D eigenvalue weighted by Gasteiger charge is -2.25. The van der Waals surface area contributed by atoms with E-state index in [0.717, 1.165) is 49.0 Å². The van der Waals surface area contributed by atoms with Crippen LogP contribution in [0.2, 0.25) is 0 Å². The topological polar surface area (TPSA) is 47.1 Å². The Bertz CT molecular complexity index is 1010. The number of benzene rings is 2. The van der Waals surface area contributed by atoms with E-state index in [0.29, 0.717) is 24.0 Å². The Labute approximate surface area is 194 Å². The minimum atomic E-state index is -4.03. The van der Waals surface area contributed by atoms with Crippen molar-refractivity contribution in [3.63, 3.8) is 0 Å². The highest BCUT2D eigenvalue weighted by Gasteiger charge is 2.42. The molecule has 0 unspecified atom stereocenters. The maximum Gasteiger partial charge on any atom is 0.331 e. The third-order valence-corrected chi connectivity index (χ3v) is 7.23. The summed E-state index contributed by atoms with van der Waals surface area (Å²) in [5.41, 5.74) is 0.689. The molecule has 172 valence electrons. The first-order valence-corrected chi connectivity index (χ1v) is 11.1. The smallest absolute Gasteiger partial charge is 0.305 e. The average molecular weight is 495 g/mol. The van der Waals surface area contributed by atoms with Gasteiger partial charge in [-0.25, -0.2) is 17.4 Å². The van der Waals surface area contributed by atoms with E-state index >= 15 is 0 Å². The molecule has 0 aliphatic carbocycles. The Hall–Kier alpha value is -1.65. The van der Waals surface area contributed by atoms with Crippen LogP contribution >= 0.6 is 24.8 Å². The summed E-state index contributed by atoms with van der Waals surface area (Å²) >= 11 is 0. The number of hydrogen-bond acceptors (Lipinski definition) is 4. The van der Waals surface area contributed by atoms with Crippen molar-refractivity contribution >= 4 is 52.1 Å². The van der Waals surface area contributed by atoms with Crippen molar-refractivity contribution in [3.05, 3.63) is 54.1 Å². The first-order chi connectivity index (χ1) is 13.9. The molecule has 2 aliphatic heterocycles. The number of fused-ring (bicyclic) bond motifs is 1. The molecule has 6 nitrogen and oxygen atoms in total. The number of halogens is 4. The van der Waals surface area contributed by atoms with Crippen LogP contribution in [0.3, 0.4) is 0 Å².